The van der Waals surface area contributed by atoms with Crippen LogP contribution in [0.4, 0.5) is 5.13 Å². The van der Waals surface area contributed by atoms with Gasteiger partial charge < -0.3 is 14.7 Å². The van der Waals surface area contributed by atoms with Gasteiger partial charge >= 0.3 is 11.1 Å². The summed E-state index contributed by atoms with van der Waals surface area (Å²) in [4.78, 5) is 14.5. The molecule has 2 heterocycles. The quantitative estimate of drug-likeness (QED) is 0.324. The van der Waals surface area contributed by atoms with Gasteiger partial charge in [0, 0.05) is 10.4 Å². The fraction of sp³-hybridized carbons (Fsp3) is 0.526. The van der Waals surface area contributed by atoms with Crippen molar-refractivity contribution < 1.29 is 14.3 Å². The third-order valence-electron chi connectivity index (χ3n) is 4.61. The number of esters is 1. The summed E-state index contributed by atoms with van der Waals surface area (Å²) in [6.07, 6.45) is -2.07. The number of carbonyl (C=O) groups excluding carboxylic acids is 1. The molecule has 0 spiro atoms. The first-order valence-corrected chi connectivity index (χ1v) is 11.4. The molecule has 170 valence electrons. The van der Waals surface area contributed by atoms with Crippen LogP contribution in [0.1, 0.15) is 32.7 Å². The highest BCUT2D eigenvalue weighted by molar-refractivity contribution is 7.15. The van der Waals surface area contributed by atoms with Crippen LogP contribution in [0.5, 0.6) is 5.75 Å². The second-order valence-electron chi connectivity index (χ2n) is 8.47. The summed E-state index contributed by atoms with van der Waals surface area (Å²) in [5.74, 6) is -0.608. The fourth-order valence-corrected chi connectivity index (χ4v) is 4.86. The van der Waals surface area contributed by atoms with Crippen molar-refractivity contribution in [3.8, 4) is 5.75 Å². The number of nitrogens with zero attached hydrogens (tertiary/aromatic N) is 4. The van der Waals surface area contributed by atoms with Gasteiger partial charge in [0.05, 0.1) is 16.6 Å². The predicted molar refractivity (Wildman–Crippen MR) is 123 cm³/mol. The van der Waals surface area contributed by atoms with E-state index in [0.717, 1.165) is 5.01 Å². The van der Waals surface area contributed by atoms with Gasteiger partial charge in [0.1, 0.15) is 11.7 Å². The lowest BCUT2D eigenvalue weighted by molar-refractivity contribution is -0.161. The average Bonchev–Trinajstić information content (AvgIpc) is 3.24. The number of hydrogen-bond acceptors (Lipinski definition) is 8. The van der Waals surface area contributed by atoms with Gasteiger partial charge in [-0.15, -0.1) is 5.10 Å². The molecule has 1 aromatic heterocycles. The van der Waals surface area contributed by atoms with Gasteiger partial charge in [-0.1, -0.05) is 60.7 Å². The molecule has 3 rings (SSSR count). The second-order valence-corrected chi connectivity index (χ2v) is 10.7. The molecule has 1 aliphatic heterocycles. The van der Waals surface area contributed by atoms with Crippen molar-refractivity contribution >= 4 is 57.2 Å². The molecule has 31 heavy (non-hydrogen) atoms. The molecule has 3 unspecified atom stereocenters. The van der Waals surface area contributed by atoms with Crippen LogP contribution in [0, 0.1) is 5.21 Å². The Morgan fingerprint density at radius 2 is 1.90 bits per heavy atom. The van der Waals surface area contributed by atoms with E-state index in [1.54, 1.807) is 11.9 Å². The Morgan fingerprint density at radius 1 is 1.29 bits per heavy atom. The van der Waals surface area contributed by atoms with E-state index >= 15 is 0 Å². The van der Waals surface area contributed by atoms with E-state index in [1.165, 1.54) is 30.4 Å². The zero-order valence-electron chi connectivity index (χ0n) is 17.7. The van der Waals surface area contributed by atoms with E-state index in [1.807, 2.05) is 20.8 Å². The van der Waals surface area contributed by atoms with E-state index in [-0.39, 0.29) is 39.6 Å². The monoisotopic (exact) mass is 508 g/mol. The Balaban J connectivity index is 1.77. The van der Waals surface area contributed by atoms with Gasteiger partial charge in [-0.3, -0.25) is 4.65 Å². The third-order valence-corrected chi connectivity index (χ3v) is 6.85. The van der Waals surface area contributed by atoms with Crippen LogP contribution in [0.15, 0.2) is 12.1 Å². The van der Waals surface area contributed by atoms with Gasteiger partial charge in [-0.05, 0) is 37.4 Å². The van der Waals surface area contributed by atoms with E-state index in [9.17, 15) is 10.0 Å². The minimum atomic E-state index is -1.06. The lowest BCUT2D eigenvalue weighted by atomic mass is 9.98. The van der Waals surface area contributed by atoms with Crippen LogP contribution >= 0.6 is 46.1 Å². The Morgan fingerprint density at radius 3 is 2.45 bits per heavy atom. The maximum atomic E-state index is 13.7. The Hall–Kier alpha value is -1.20. The Labute approximate surface area is 199 Å². The zero-order chi connectivity index (χ0) is 23.1. The fourth-order valence-electron chi connectivity index (χ4n) is 2.98. The summed E-state index contributed by atoms with van der Waals surface area (Å²) in [7, 11) is 1.78. The molecule has 1 aliphatic rings. The number of hydroxylamine groups is 2. The van der Waals surface area contributed by atoms with Gasteiger partial charge in [-0.2, -0.15) is 0 Å². The van der Waals surface area contributed by atoms with Crippen molar-refractivity contribution in [2.24, 2.45) is 0 Å². The van der Waals surface area contributed by atoms with E-state index in [2.05, 4.69) is 10.2 Å². The summed E-state index contributed by atoms with van der Waals surface area (Å²) >= 11 is 19.4. The molecule has 0 aliphatic carbocycles. The molecule has 2 aromatic rings. The molecule has 0 N–H and O–H groups in total. The largest absolute Gasteiger partial charge is 0.622 e. The van der Waals surface area contributed by atoms with Crippen LogP contribution in [0.2, 0.25) is 15.1 Å². The molecule has 8 nitrogen and oxygen atoms in total. The van der Waals surface area contributed by atoms with Gasteiger partial charge in [0.2, 0.25) is 0 Å². The lowest BCUT2D eigenvalue weighted by Crippen LogP contribution is -2.51. The summed E-state index contributed by atoms with van der Waals surface area (Å²) in [6, 6.07) is 2.91. The normalized spacial score (nSPS) is 23.1. The molecular weight excluding hydrogens is 487 g/mol. The van der Waals surface area contributed by atoms with Crippen LogP contribution in [0.25, 0.3) is 0 Å². The standard InChI is InChI=1S/C19H23Cl3N4O4S/c1-10(29-15-12(21)6-11(20)7-13(15)22)16(27)30-14-8-25(5)9-26(14,28)18-24-23-17(31-18)19(2,3)4/h6-7,10,14H,8-9H2,1-5H3. The predicted octanol–water partition coefficient (Wildman–Crippen LogP) is 4.84. The highest BCUT2D eigenvalue weighted by Crippen LogP contribution is 2.38. The number of halogens is 3. The lowest BCUT2D eigenvalue weighted by Gasteiger charge is -2.38. The van der Waals surface area contributed by atoms with Crippen LogP contribution in [-0.4, -0.2) is 53.7 Å². The molecular formula is C19H23Cl3N4O4S. The van der Waals surface area contributed by atoms with Crippen molar-refractivity contribution in [3.05, 3.63) is 37.4 Å². The second kappa shape index (κ2) is 8.97. The number of hydrogen-bond donors (Lipinski definition) is 0. The van der Waals surface area contributed by atoms with Crippen molar-refractivity contribution in [1.29, 1.82) is 0 Å². The molecule has 1 aromatic carbocycles. The number of aromatic nitrogens is 2. The highest BCUT2D eigenvalue weighted by atomic mass is 35.5. The first kappa shape index (κ1) is 24.4. The first-order valence-electron chi connectivity index (χ1n) is 9.45. The molecule has 1 saturated heterocycles. The number of rotatable bonds is 5. The van der Waals surface area contributed by atoms with Crippen molar-refractivity contribution in [2.75, 3.05) is 20.3 Å². The maximum absolute atomic E-state index is 13.7. The Kier molecular flexibility index (Phi) is 7.08. The minimum absolute atomic E-state index is 0.0841. The van der Waals surface area contributed by atoms with Gasteiger partial charge in [-0.25, -0.2) is 9.69 Å². The SMILES string of the molecule is CC(Oc1c(Cl)cc(Cl)cc1Cl)C(=O)OC1CN(C)C[N+]1([O-])c1nnc(C(C)(C)C)s1. The van der Waals surface area contributed by atoms with Crippen molar-refractivity contribution in [2.45, 2.75) is 45.4 Å². The molecule has 3 atom stereocenters. The van der Waals surface area contributed by atoms with E-state index < -0.39 is 22.9 Å². The number of quaternary nitrogens is 1. The summed E-state index contributed by atoms with van der Waals surface area (Å²) < 4.78 is 10.2. The van der Waals surface area contributed by atoms with Crippen LogP contribution in [0.3, 0.4) is 0 Å². The summed E-state index contributed by atoms with van der Waals surface area (Å²) in [6.45, 7) is 7.80. The zero-order valence-corrected chi connectivity index (χ0v) is 20.8. The molecule has 0 saturated carbocycles. The third kappa shape index (κ3) is 5.24. The topological polar surface area (TPSA) is 87.6 Å². The molecule has 0 amide bonds. The van der Waals surface area contributed by atoms with E-state index in [4.69, 9.17) is 44.3 Å². The summed E-state index contributed by atoms with van der Waals surface area (Å²) in [5.41, 5.74) is -0.244. The first-order chi connectivity index (χ1) is 14.3. The number of ether oxygens (including phenoxy) is 2. The van der Waals surface area contributed by atoms with Crippen LogP contribution in [-0.2, 0) is 14.9 Å². The smallest absolute Gasteiger partial charge is 0.351 e. The molecule has 0 bridgehead atoms. The summed E-state index contributed by atoms with van der Waals surface area (Å²) in [5, 5.41) is 23.6. The van der Waals surface area contributed by atoms with Crippen LogP contribution < -0.4 is 9.38 Å². The van der Waals surface area contributed by atoms with E-state index in [0.29, 0.717) is 5.02 Å². The number of likely N-dealkylation sites (N-methyl/N-ethyl adjacent to an activating group) is 1. The average molecular weight is 510 g/mol. The van der Waals surface area contributed by atoms with Gasteiger partial charge in [0.25, 0.3) is 6.23 Å². The van der Waals surface area contributed by atoms with Crippen molar-refractivity contribution in [1.82, 2.24) is 19.7 Å². The number of benzene rings is 1. The maximum Gasteiger partial charge on any atom is 0.351 e. The minimum Gasteiger partial charge on any atom is -0.622 e. The van der Waals surface area contributed by atoms with Crippen molar-refractivity contribution in [3.63, 3.8) is 0 Å². The molecule has 12 heteroatoms. The molecule has 1 fully saturated rings. The highest BCUT2D eigenvalue weighted by Gasteiger charge is 2.46. The molecule has 0 radical (unpaired) electrons. The Bertz CT molecular complexity index is 960. The van der Waals surface area contributed by atoms with Gasteiger partial charge in [0.15, 0.2) is 11.9 Å². The number of carbonyl (C=O) groups is 1.